The number of halogens is 2. The molecule has 1 N–H and O–H groups in total. The highest BCUT2D eigenvalue weighted by Gasteiger charge is 2.26. The van der Waals surface area contributed by atoms with Crippen LogP contribution in [0.2, 0.25) is 10.0 Å². The molecule has 6 nitrogen and oxygen atoms in total. The second-order valence-corrected chi connectivity index (χ2v) is 8.22. The molecule has 0 atom stereocenters. The Morgan fingerprint density at radius 1 is 1.20 bits per heavy atom. The molecule has 3 rings (SSSR count). The van der Waals surface area contributed by atoms with Crippen LogP contribution in [-0.2, 0) is 16.6 Å². The van der Waals surface area contributed by atoms with Gasteiger partial charge in [-0.3, -0.25) is 4.79 Å². The number of nitrogens with one attached hydrogen (secondary N) is 1. The predicted molar refractivity (Wildman–Crippen MR) is 94.3 cm³/mol. The van der Waals surface area contributed by atoms with Gasteiger partial charge in [-0.15, -0.1) is 0 Å². The lowest BCUT2D eigenvalue weighted by Gasteiger charge is -2.17. The molecule has 1 saturated heterocycles. The van der Waals surface area contributed by atoms with Crippen molar-refractivity contribution >= 4 is 39.1 Å². The minimum absolute atomic E-state index is 0.0241. The highest BCUT2D eigenvalue weighted by molar-refractivity contribution is 7.89. The maximum Gasteiger partial charge on any atom is 0.255 e. The van der Waals surface area contributed by atoms with Crippen molar-refractivity contribution < 1.29 is 17.6 Å². The number of carbonyl (C=O) groups is 1. The third kappa shape index (κ3) is 4.00. The molecule has 134 valence electrons. The molecule has 0 bridgehead atoms. The average Bonchev–Trinajstić information content (AvgIpc) is 3.26. The van der Waals surface area contributed by atoms with E-state index >= 15 is 0 Å². The largest absolute Gasteiger partial charge is 0.468 e. The van der Waals surface area contributed by atoms with Gasteiger partial charge in [0.2, 0.25) is 10.0 Å². The molecule has 1 amide bonds. The second-order valence-electron chi connectivity index (χ2n) is 5.67. The summed E-state index contributed by atoms with van der Waals surface area (Å²) in [6.45, 7) is 1.25. The Labute approximate surface area is 155 Å². The van der Waals surface area contributed by atoms with Crippen LogP contribution in [-0.4, -0.2) is 32.3 Å². The summed E-state index contributed by atoms with van der Waals surface area (Å²) in [4.78, 5) is 14.0. The van der Waals surface area contributed by atoms with Crippen LogP contribution < -0.4 is 4.72 Å². The van der Waals surface area contributed by atoms with Crippen LogP contribution in [0.1, 0.15) is 29.0 Å². The highest BCUT2D eigenvalue weighted by Crippen LogP contribution is 2.30. The number of amides is 1. The first kappa shape index (κ1) is 18.3. The fraction of sp³-hybridized carbons (Fsp3) is 0.312. The van der Waals surface area contributed by atoms with E-state index < -0.39 is 10.0 Å². The average molecular weight is 403 g/mol. The minimum atomic E-state index is -3.93. The number of likely N-dealkylation sites (tertiary alicyclic amines) is 1. The molecule has 0 spiro atoms. The SMILES string of the molecule is O=C(c1cc(S(=O)(=O)NCc2ccco2)c(Cl)cc1Cl)N1CCCC1. The van der Waals surface area contributed by atoms with Gasteiger partial charge < -0.3 is 9.32 Å². The topological polar surface area (TPSA) is 79.6 Å². The van der Waals surface area contributed by atoms with Gasteiger partial charge in [0.15, 0.2) is 0 Å². The van der Waals surface area contributed by atoms with Crippen molar-refractivity contribution in [3.63, 3.8) is 0 Å². The van der Waals surface area contributed by atoms with Crippen molar-refractivity contribution in [2.45, 2.75) is 24.3 Å². The maximum atomic E-state index is 12.6. The molecule has 1 aromatic heterocycles. The minimum Gasteiger partial charge on any atom is -0.468 e. The Bertz CT molecular complexity index is 876. The van der Waals surface area contributed by atoms with Gasteiger partial charge in [-0.2, -0.15) is 0 Å². The fourth-order valence-electron chi connectivity index (χ4n) is 2.65. The number of sulfonamides is 1. The third-order valence-corrected chi connectivity index (χ3v) is 6.13. The summed E-state index contributed by atoms with van der Waals surface area (Å²) in [6, 6.07) is 5.82. The smallest absolute Gasteiger partial charge is 0.255 e. The van der Waals surface area contributed by atoms with Crippen LogP contribution in [0.3, 0.4) is 0 Å². The summed E-state index contributed by atoms with van der Waals surface area (Å²) >= 11 is 12.2. The number of nitrogens with zero attached hydrogens (tertiary/aromatic N) is 1. The van der Waals surface area contributed by atoms with Gasteiger partial charge in [0.25, 0.3) is 5.91 Å². The summed E-state index contributed by atoms with van der Waals surface area (Å²) in [6.07, 6.45) is 3.30. The summed E-state index contributed by atoms with van der Waals surface area (Å²) in [5.74, 6) is 0.170. The molecule has 1 aliphatic heterocycles. The van der Waals surface area contributed by atoms with Gasteiger partial charge in [-0.25, -0.2) is 13.1 Å². The quantitative estimate of drug-likeness (QED) is 0.831. The highest BCUT2D eigenvalue weighted by atomic mass is 35.5. The number of furan rings is 1. The van der Waals surface area contributed by atoms with E-state index in [1.165, 1.54) is 18.4 Å². The van der Waals surface area contributed by atoms with Gasteiger partial charge >= 0.3 is 0 Å². The fourth-order valence-corrected chi connectivity index (χ4v) is 4.49. The molecule has 0 aliphatic carbocycles. The van der Waals surface area contributed by atoms with Crippen LogP contribution in [0, 0.1) is 0 Å². The number of hydrogen-bond acceptors (Lipinski definition) is 4. The molecule has 25 heavy (non-hydrogen) atoms. The van der Waals surface area contributed by atoms with Gasteiger partial charge in [0, 0.05) is 13.1 Å². The number of hydrogen-bond donors (Lipinski definition) is 1. The zero-order chi connectivity index (χ0) is 18.0. The lowest BCUT2D eigenvalue weighted by molar-refractivity contribution is 0.0793. The van der Waals surface area contributed by atoms with Crippen molar-refractivity contribution in [3.8, 4) is 0 Å². The Morgan fingerprint density at radius 2 is 1.92 bits per heavy atom. The molecule has 1 aliphatic rings. The number of carbonyl (C=O) groups excluding carboxylic acids is 1. The van der Waals surface area contributed by atoms with E-state index in [0.29, 0.717) is 18.8 Å². The first-order valence-corrected chi connectivity index (χ1v) is 9.93. The normalized spacial score (nSPS) is 14.9. The monoisotopic (exact) mass is 402 g/mol. The van der Waals surface area contributed by atoms with E-state index in [4.69, 9.17) is 27.6 Å². The van der Waals surface area contributed by atoms with E-state index in [1.54, 1.807) is 17.0 Å². The van der Waals surface area contributed by atoms with Gasteiger partial charge in [-0.1, -0.05) is 23.2 Å². The third-order valence-electron chi connectivity index (χ3n) is 3.95. The summed E-state index contributed by atoms with van der Waals surface area (Å²) in [5, 5.41) is 0.0850. The van der Waals surface area contributed by atoms with E-state index in [-0.39, 0.29) is 33.0 Å². The first-order valence-electron chi connectivity index (χ1n) is 7.69. The van der Waals surface area contributed by atoms with Crippen LogP contribution in [0.5, 0.6) is 0 Å². The van der Waals surface area contributed by atoms with Crippen molar-refractivity contribution in [1.29, 1.82) is 0 Å². The maximum absolute atomic E-state index is 12.6. The summed E-state index contributed by atoms with van der Waals surface area (Å²) < 4.78 is 32.6. The zero-order valence-electron chi connectivity index (χ0n) is 13.2. The van der Waals surface area contributed by atoms with Crippen LogP contribution >= 0.6 is 23.2 Å². The first-order chi connectivity index (χ1) is 11.9. The van der Waals surface area contributed by atoms with Crippen molar-refractivity contribution in [2.75, 3.05) is 13.1 Å². The van der Waals surface area contributed by atoms with Crippen molar-refractivity contribution in [3.05, 3.63) is 51.9 Å². The molecule has 1 fully saturated rings. The zero-order valence-corrected chi connectivity index (χ0v) is 15.5. The molecule has 0 saturated carbocycles. The Hall–Kier alpha value is -1.54. The molecule has 2 heterocycles. The predicted octanol–water partition coefficient (Wildman–Crippen LogP) is 3.30. The molecular weight excluding hydrogens is 387 g/mol. The summed E-state index contributed by atoms with van der Waals surface area (Å²) in [5.41, 5.74) is 0.131. The molecule has 0 unspecified atom stereocenters. The molecule has 2 aromatic rings. The van der Waals surface area contributed by atoms with Gasteiger partial charge in [0.1, 0.15) is 10.7 Å². The van der Waals surface area contributed by atoms with Crippen LogP contribution in [0.4, 0.5) is 0 Å². The lowest BCUT2D eigenvalue weighted by atomic mass is 10.2. The van der Waals surface area contributed by atoms with E-state index in [1.807, 2.05) is 0 Å². The van der Waals surface area contributed by atoms with E-state index in [2.05, 4.69) is 4.72 Å². The molecule has 1 aromatic carbocycles. The van der Waals surface area contributed by atoms with Gasteiger partial charge in [0.05, 0.1) is 28.4 Å². The molecule has 9 heteroatoms. The van der Waals surface area contributed by atoms with E-state index in [9.17, 15) is 13.2 Å². The van der Waals surface area contributed by atoms with Gasteiger partial charge in [-0.05, 0) is 37.1 Å². The van der Waals surface area contributed by atoms with Crippen molar-refractivity contribution in [1.82, 2.24) is 9.62 Å². The van der Waals surface area contributed by atoms with Crippen LogP contribution in [0.25, 0.3) is 0 Å². The number of rotatable bonds is 5. The number of benzene rings is 1. The van der Waals surface area contributed by atoms with Crippen LogP contribution in [0.15, 0.2) is 39.8 Å². The Morgan fingerprint density at radius 3 is 2.56 bits per heavy atom. The Kier molecular flexibility index (Phi) is 5.38. The molecule has 0 radical (unpaired) electrons. The lowest BCUT2D eigenvalue weighted by Crippen LogP contribution is -2.29. The second kappa shape index (κ2) is 7.37. The summed E-state index contributed by atoms with van der Waals surface area (Å²) in [7, 11) is -3.93. The standard InChI is InChI=1S/C16H16Cl2N2O4S/c17-13-9-14(18)15(8-12(13)16(21)20-5-1-2-6-20)25(22,23)19-10-11-4-3-7-24-11/h3-4,7-9,19H,1-2,5-6,10H2. The van der Waals surface area contributed by atoms with Crippen molar-refractivity contribution in [2.24, 2.45) is 0 Å². The van der Waals surface area contributed by atoms with E-state index in [0.717, 1.165) is 12.8 Å². The molecular formula is C16H16Cl2N2O4S. The Balaban J connectivity index is 1.89.